The average molecular weight is 683 g/mol. The van der Waals surface area contributed by atoms with E-state index in [4.69, 9.17) is 0 Å². The van der Waals surface area contributed by atoms with Crippen molar-refractivity contribution in [3.8, 4) is 0 Å². The van der Waals surface area contributed by atoms with Crippen LogP contribution < -0.4 is 0 Å². The van der Waals surface area contributed by atoms with Crippen LogP contribution in [0.25, 0.3) is 0 Å². The molecule has 0 spiro atoms. The molecule has 0 aromatic carbocycles. The summed E-state index contributed by atoms with van der Waals surface area (Å²) >= 11 is 1.54. The van der Waals surface area contributed by atoms with E-state index in [1.54, 1.807) is 11.8 Å². The van der Waals surface area contributed by atoms with E-state index in [1.165, 1.54) is 180 Å². The quantitative estimate of drug-likeness (QED) is 0.0629. The lowest BCUT2D eigenvalue weighted by Gasteiger charge is -2.15. The molecule has 0 aliphatic rings. The van der Waals surface area contributed by atoms with Gasteiger partial charge in [0.05, 0.1) is 11.8 Å². The van der Waals surface area contributed by atoms with Crippen molar-refractivity contribution in [3.63, 3.8) is 0 Å². The van der Waals surface area contributed by atoms with Crippen molar-refractivity contribution in [2.75, 3.05) is 11.5 Å². The first-order chi connectivity index (χ1) is 23.0. The number of hydrogen-bond acceptors (Lipinski definition) is 3. The van der Waals surface area contributed by atoms with E-state index in [2.05, 4.69) is 13.8 Å². The zero-order valence-corrected chi connectivity index (χ0v) is 32.5. The molecule has 0 amide bonds. The number of thioether (sulfide) groups is 1. The van der Waals surface area contributed by atoms with Gasteiger partial charge < -0.3 is 10.2 Å². The maximum atomic E-state index is 11.8. The summed E-state index contributed by atoms with van der Waals surface area (Å²) in [6.07, 6.45) is 43.8. The summed E-state index contributed by atoms with van der Waals surface area (Å²) in [5, 5.41) is 19.4. The van der Waals surface area contributed by atoms with Gasteiger partial charge in [-0.1, -0.05) is 219 Å². The molecule has 0 saturated heterocycles. The van der Waals surface area contributed by atoms with E-state index >= 15 is 0 Å². The van der Waals surface area contributed by atoms with Gasteiger partial charge in [-0.05, 0) is 12.8 Å². The summed E-state index contributed by atoms with van der Waals surface area (Å²) in [6.45, 7) is 4.55. The van der Waals surface area contributed by atoms with Crippen LogP contribution in [0.15, 0.2) is 0 Å². The molecule has 0 aliphatic heterocycles. The highest BCUT2D eigenvalue weighted by Crippen LogP contribution is 2.23. The fraction of sp³-hybridized carbons (Fsp3) is 0.952. The van der Waals surface area contributed by atoms with Crippen molar-refractivity contribution in [1.29, 1.82) is 0 Å². The molecular weight excluding hydrogens is 601 g/mol. The number of aliphatic carboxylic acids is 2. The molecule has 0 fully saturated rings. The third-order valence-corrected chi connectivity index (χ3v) is 11.4. The zero-order valence-electron chi connectivity index (χ0n) is 31.7. The molecule has 0 aromatic heterocycles. The van der Waals surface area contributed by atoms with Gasteiger partial charge in [0.25, 0.3) is 0 Å². The Morgan fingerprint density at radius 3 is 0.745 bits per heavy atom. The molecule has 4 nitrogen and oxygen atoms in total. The summed E-state index contributed by atoms with van der Waals surface area (Å²) in [5.74, 6) is -1.06. The predicted octanol–water partition coefficient (Wildman–Crippen LogP) is 14.4. The molecule has 0 aromatic rings. The summed E-state index contributed by atoms with van der Waals surface area (Å²) in [7, 11) is 0. The zero-order chi connectivity index (χ0) is 34.5. The Morgan fingerprint density at radius 1 is 0.362 bits per heavy atom. The molecule has 0 radical (unpaired) electrons. The maximum Gasteiger partial charge on any atom is 0.307 e. The van der Waals surface area contributed by atoms with E-state index in [-0.39, 0.29) is 11.8 Å². The Balaban J connectivity index is 3.69. The Bertz CT molecular complexity index is 601. The second-order valence-corrected chi connectivity index (χ2v) is 15.9. The van der Waals surface area contributed by atoms with Gasteiger partial charge in [-0.2, -0.15) is 11.8 Å². The highest BCUT2D eigenvalue weighted by Gasteiger charge is 2.21. The first kappa shape index (κ1) is 46.3. The molecule has 2 N–H and O–H groups in total. The van der Waals surface area contributed by atoms with Gasteiger partial charge in [0.1, 0.15) is 0 Å². The van der Waals surface area contributed by atoms with Crippen molar-refractivity contribution < 1.29 is 19.8 Å². The number of carboxylic acid groups (broad SMARTS) is 2. The van der Waals surface area contributed by atoms with Crippen molar-refractivity contribution >= 4 is 23.7 Å². The summed E-state index contributed by atoms with van der Waals surface area (Å²) in [4.78, 5) is 23.6. The minimum Gasteiger partial charge on any atom is -0.481 e. The fourth-order valence-electron chi connectivity index (χ4n) is 6.79. The number of carboxylic acids is 2. The topological polar surface area (TPSA) is 74.6 Å². The number of hydrogen-bond donors (Lipinski definition) is 2. The van der Waals surface area contributed by atoms with Gasteiger partial charge in [-0.3, -0.25) is 9.59 Å². The van der Waals surface area contributed by atoms with E-state index < -0.39 is 11.9 Å². The van der Waals surface area contributed by atoms with E-state index in [1.807, 2.05) is 0 Å². The van der Waals surface area contributed by atoms with Crippen LogP contribution in [-0.2, 0) is 9.59 Å². The summed E-state index contributed by atoms with van der Waals surface area (Å²) < 4.78 is 0. The Labute approximate surface area is 298 Å². The van der Waals surface area contributed by atoms with Gasteiger partial charge in [0.15, 0.2) is 0 Å². The van der Waals surface area contributed by atoms with Crippen LogP contribution in [0.3, 0.4) is 0 Å². The van der Waals surface area contributed by atoms with Crippen molar-refractivity contribution in [2.45, 2.75) is 232 Å². The fourth-order valence-corrected chi connectivity index (χ4v) is 8.11. The minimum atomic E-state index is -0.719. The average Bonchev–Trinajstić information content (AvgIpc) is 3.05. The predicted molar refractivity (Wildman–Crippen MR) is 208 cm³/mol. The largest absolute Gasteiger partial charge is 0.481 e. The number of rotatable bonds is 40. The first-order valence-electron chi connectivity index (χ1n) is 21.1. The van der Waals surface area contributed by atoms with Gasteiger partial charge >= 0.3 is 11.9 Å². The van der Waals surface area contributed by atoms with E-state index in [9.17, 15) is 19.8 Å². The maximum absolute atomic E-state index is 11.8. The van der Waals surface area contributed by atoms with Crippen LogP contribution in [0.2, 0.25) is 0 Å². The lowest BCUT2D eigenvalue weighted by molar-refractivity contribution is -0.141. The molecule has 0 rings (SSSR count). The lowest BCUT2D eigenvalue weighted by Crippen LogP contribution is -2.20. The van der Waals surface area contributed by atoms with Crippen LogP contribution in [0, 0.1) is 11.8 Å². The van der Waals surface area contributed by atoms with Crippen molar-refractivity contribution in [3.05, 3.63) is 0 Å². The highest BCUT2D eigenvalue weighted by atomic mass is 32.2. The van der Waals surface area contributed by atoms with E-state index in [0.717, 1.165) is 38.5 Å². The Morgan fingerprint density at radius 2 is 0.553 bits per heavy atom. The molecule has 280 valence electrons. The third kappa shape index (κ3) is 34.9. The standard InChI is InChI=1S/C42H82O4S/c1-3-5-7-9-11-13-15-17-19-21-23-25-27-29-31-33-35-39(41(43)44)37-47-38-40(42(45)46)36-34-32-30-28-26-24-22-20-18-16-14-12-10-8-6-4-2/h39-40H,3-38H2,1-2H3,(H,43,44)(H,45,46). The summed E-state index contributed by atoms with van der Waals surface area (Å²) in [6, 6.07) is 0. The third-order valence-electron chi connectivity index (χ3n) is 10.1. The SMILES string of the molecule is CCCCCCCCCCCCCCCCCCC(CSCC(CCCCCCCCCCCCCCCCCC)C(=O)O)C(=O)O. The van der Waals surface area contributed by atoms with Gasteiger partial charge in [-0.15, -0.1) is 0 Å². The minimum absolute atomic E-state index is 0.350. The molecule has 0 bridgehead atoms. The lowest BCUT2D eigenvalue weighted by atomic mass is 10.0. The highest BCUT2D eigenvalue weighted by molar-refractivity contribution is 7.99. The molecule has 47 heavy (non-hydrogen) atoms. The molecule has 5 heteroatoms. The van der Waals surface area contributed by atoms with Crippen molar-refractivity contribution in [1.82, 2.24) is 0 Å². The molecular formula is C42H82O4S. The van der Waals surface area contributed by atoms with Crippen LogP contribution >= 0.6 is 11.8 Å². The Kier molecular flexibility index (Phi) is 37.5. The Hall–Kier alpha value is -0.710. The second kappa shape index (κ2) is 38.1. The van der Waals surface area contributed by atoms with Crippen LogP contribution in [-0.4, -0.2) is 33.7 Å². The van der Waals surface area contributed by atoms with Crippen molar-refractivity contribution in [2.24, 2.45) is 11.8 Å². The molecule has 0 heterocycles. The van der Waals surface area contributed by atoms with Crippen LogP contribution in [0.4, 0.5) is 0 Å². The molecule has 2 unspecified atom stereocenters. The molecule has 0 saturated carbocycles. The van der Waals surface area contributed by atoms with Gasteiger partial charge in [0.2, 0.25) is 0 Å². The smallest absolute Gasteiger partial charge is 0.307 e. The van der Waals surface area contributed by atoms with Crippen LogP contribution in [0.1, 0.15) is 232 Å². The molecule has 0 aliphatic carbocycles. The van der Waals surface area contributed by atoms with E-state index in [0.29, 0.717) is 11.5 Å². The summed E-state index contributed by atoms with van der Waals surface area (Å²) in [5.41, 5.74) is 0. The normalized spacial score (nSPS) is 12.8. The first-order valence-corrected chi connectivity index (χ1v) is 22.2. The van der Waals surface area contributed by atoms with Gasteiger partial charge in [0, 0.05) is 11.5 Å². The monoisotopic (exact) mass is 683 g/mol. The number of unbranched alkanes of at least 4 members (excludes halogenated alkanes) is 30. The molecule has 2 atom stereocenters. The second-order valence-electron chi connectivity index (χ2n) is 14.8. The van der Waals surface area contributed by atoms with Gasteiger partial charge in [-0.25, -0.2) is 0 Å². The number of carbonyl (C=O) groups is 2. The van der Waals surface area contributed by atoms with Crippen LogP contribution in [0.5, 0.6) is 0 Å².